The molecular formula is C17H17ClN2O3. The third-order valence-corrected chi connectivity index (χ3v) is 3.81. The lowest BCUT2D eigenvalue weighted by molar-refractivity contribution is 0.174. The van der Waals surface area contributed by atoms with Crippen LogP contribution in [-0.4, -0.2) is 24.8 Å². The van der Waals surface area contributed by atoms with Crippen LogP contribution in [0.5, 0.6) is 11.5 Å². The molecule has 2 aromatic carbocycles. The monoisotopic (exact) mass is 332 g/mol. The van der Waals surface area contributed by atoms with Gasteiger partial charge in [-0.15, -0.1) is 0 Å². The lowest BCUT2D eigenvalue weighted by Gasteiger charge is -2.18. The number of urea groups is 1. The Balaban J connectivity index is 1.53. The van der Waals surface area contributed by atoms with Gasteiger partial charge in [-0.3, -0.25) is 0 Å². The van der Waals surface area contributed by atoms with Crippen molar-refractivity contribution < 1.29 is 14.3 Å². The molecule has 120 valence electrons. The van der Waals surface area contributed by atoms with Gasteiger partial charge in [-0.2, -0.15) is 0 Å². The van der Waals surface area contributed by atoms with Crippen molar-refractivity contribution in [1.29, 1.82) is 0 Å². The molecule has 0 atom stereocenters. The zero-order valence-corrected chi connectivity index (χ0v) is 13.5. The molecule has 0 saturated carbocycles. The third-order valence-electron chi connectivity index (χ3n) is 3.56. The average molecular weight is 333 g/mol. The van der Waals surface area contributed by atoms with E-state index in [1.165, 1.54) is 0 Å². The van der Waals surface area contributed by atoms with E-state index in [1.54, 1.807) is 11.9 Å². The predicted molar refractivity (Wildman–Crippen MR) is 87.7 cm³/mol. The van der Waals surface area contributed by atoms with Crippen LogP contribution in [0.2, 0.25) is 5.02 Å². The van der Waals surface area contributed by atoms with Gasteiger partial charge in [0.15, 0.2) is 11.5 Å². The fourth-order valence-electron chi connectivity index (χ4n) is 2.30. The first-order valence-electron chi connectivity index (χ1n) is 7.24. The van der Waals surface area contributed by atoms with Crippen molar-refractivity contribution in [2.75, 3.05) is 13.8 Å². The second-order valence-corrected chi connectivity index (χ2v) is 5.77. The number of carbonyl (C=O) groups excluding carboxylic acids is 1. The highest BCUT2D eigenvalue weighted by molar-refractivity contribution is 6.30. The van der Waals surface area contributed by atoms with Gasteiger partial charge in [0.2, 0.25) is 6.79 Å². The molecule has 1 N–H and O–H groups in total. The Hall–Kier alpha value is -2.40. The van der Waals surface area contributed by atoms with Crippen molar-refractivity contribution in [2.24, 2.45) is 0 Å². The Bertz CT molecular complexity index is 703. The molecule has 1 heterocycles. The highest BCUT2D eigenvalue weighted by Crippen LogP contribution is 2.32. The number of halogens is 1. The van der Waals surface area contributed by atoms with E-state index < -0.39 is 0 Å². The number of fused-ring (bicyclic) bond motifs is 1. The normalized spacial score (nSPS) is 12.1. The van der Waals surface area contributed by atoms with E-state index in [0.717, 1.165) is 16.9 Å². The molecule has 3 rings (SSSR count). The highest BCUT2D eigenvalue weighted by Gasteiger charge is 2.14. The van der Waals surface area contributed by atoms with Gasteiger partial charge >= 0.3 is 6.03 Å². The van der Waals surface area contributed by atoms with Crippen LogP contribution in [0.3, 0.4) is 0 Å². The molecule has 6 heteroatoms. The largest absolute Gasteiger partial charge is 0.454 e. The maximum absolute atomic E-state index is 12.2. The van der Waals surface area contributed by atoms with Crippen LogP contribution in [0.25, 0.3) is 0 Å². The summed E-state index contributed by atoms with van der Waals surface area (Å²) in [6, 6.07) is 12.9. The summed E-state index contributed by atoms with van der Waals surface area (Å²) in [6.07, 6.45) is 0. The lowest BCUT2D eigenvalue weighted by atomic mass is 10.2. The number of hydrogen-bond donors (Lipinski definition) is 1. The van der Waals surface area contributed by atoms with E-state index in [4.69, 9.17) is 21.1 Å². The summed E-state index contributed by atoms with van der Waals surface area (Å²) in [6.45, 7) is 1.19. The molecule has 23 heavy (non-hydrogen) atoms. The van der Waals surface area contributed by atoms with Gasteiger partial charge in [0.05, 0.1) is 0 Å². The van der Waals surface area contributed by atoms with Gasteiger partial charge < -0.3 is 19.7 Å². The summed E-state index contributed by atoms with van der Waals surface area (Å²) in [7, 11) is 1.75. The summed E-state index contributed by atoms with van der Waals surface area (Å²) in [5, 5.41) is 3.57. The first kappa shape index (κ1) is 15.5. The van der Waals surface area contributed by atoms with E-state index >= 15 is 0 Å². The molecule has 0 aliphatic carbocycles. The van der Waals surface area contributed by atoms with Gasteiger partial charge in [-0.1, -0.05) is 29.8 Å². The Morgan fingerprint density at radius 1 is 1.13 bits per heavy atom. The van der Waals surface area contributed by atoms with Crippen LogP contribution in [0.15, 0.2) is 42.5 Å². The van der Waals surface area contributed by atoms with E-state index in [9.17, 15) is 4.79 Å². The van der Waals surface area contributed by atoms with E-state index in [1.807, 2.05) is 42.5 Å². The van der Waals surface area contributed by atoms with Crippen molar-refractivity contribution in [3.05, 3.63) is 58.6 Å². The standard InChI is InChI=1S/C17H17ClN2O3/c1-20(10-12-2-5-14(18)6-3-12)17(21)19-9-13-4-7-15-16(8-13)23-11-22-15/h2-8H,9-11H2,1H3,(H,19,21). The molecule has 1 aliphatic heterocycles. The van der Waals surface area contributed by atoms with Crippen molar-refractivity contribution in [3.8, 4) is 11.5 Å². The first-order chi connectivity index (χ1) is 11.1. The number of nitrogens with one attached hydrogen (secondary N) is 1. The summed E-state index contributed by atoms with van der Waals surface area (Å²) >= 11 is 5.86. The highest BCUT2D eigenvalue weighted by atomic mass is 35.5. The summed E-state index contributed by atoms with van der Waals surface area (Å²) in [4.78, 5) is 13.8. The van der Waals surface area contributed by atoms with Crippen LogP contribution in [-0.2, 0) is 13.1 Å². The Labute approximate surface area is 139 Å². The smallest absolute Gasteiger partial charge is 0.317 e. The molecule has 2 aromatic rings. The molecule has 5 nitrogen and oxygen atoms in total. The topological polar surface area (TPSA) is 50.8 Å². The number of nitrogens with zero attached hydrogens (tertiary/aromatic N) is 1. The molecule has 0 fully saturated rings. The minimum Gasteiger partial charge on any atom is -0.454 e. The first-order valence-corrected chi connectivity index (χ1v) is 7.61. The molecule has 1 aliphatic rings. The number of benzene rings is 2. The summed E-state index contributed by atoms with van der Waals surface area (Å²) in [5.41, 5.74) is 1.98. The second-order valence-electron chi connectivity index (χ2n) is 5.33. The number of hydrogen-bond acceptors (Lipinski definition) is 3. The molecule has 0 spiro atoms. The van der Waals surface area contributed by atoms with Crippen LogP contribution in [0.1, 0.15) is 11.1 Å². The fourth-order valence-corrected chi connectivity index (χ4v) is 2.43. The molecule has 0 radical (unpaired) electrons. The minimum atomic E-state index is -0.141. The Kier molecular flexibility index (Phi) is 4.57. The fraction of sp³-hybridized carbons (Fsp3) is 0.235. The zero-order valence-electron chi connectivity index (χ0n) is 12.7. The third kappa shape index (κ3) is 3.87. The van der Waals surface area contributed by atoms with Crippen LogP contribution in [0, 0.1) is 0 Å². The molecule has 0 saturated heterocycles. The predicted octanol–water partition coefficient (Wildman–Crippen LogP) is 3.41. The van der Waals surface area contributed by atoms with Crippen molar-refractivity contribution in [3.63, 3.8) is 0 Å². The molecule has 0 aromatic heterocycles. The van der Waals surface area contributed by atoms with Crippen LogP contribution < -0.4 is 14.8 Å². The average Bonchev–Trinajstić information content (AvgIpc) is 3.02. The maximum Gasteiger partial charge on any atom is 0.317 e. The number of rotatable bonds is 4. The van der Waals surface area contributed by atoms with Crippen molar-refractivity contribution >= 4 is 17.6 Å². The summed E-state index contributed by atoms with van der Waals surface area (Å²) in [5.74, 6) is 1.45. The van der Waals surface area contributed by atoms with Gasteiger partial charge in [-0.05, 0) is 35.4 Å². The van der Waals surface area contributed by atoms with Gasteiger partial charge in [0.1, 0.15) is 0 Å². The van der Waals surface area contributed by atoms with E-state index in [-0.39, 0.29) is 12.8 Å². The molecule has 0 unspecified atom stereocenters. The van der Waals surface area contributed by atoms with E-state index in [2.05, 4.69) is 5.32 Å². The Morgan fingerprint density at radius 3 is 2.61 bits per heavy atom. The SMILES string of the molecule is CN(Cc1ccc(Cl)cc1)C(=O)NCc1ccc2c(c1)OCO2. The van der Waals surface area contributed by atoms with Gasteiger partial charge in [-0.25, -0.2) is 4.79 Å². The Morgan fingerprint density at radius 2 is 1.83 bits per heavy atom. The minimum absolute atomic E-state index is 0.141. The number of amides is 2. The van der Waals surface area contributed by atoms with Gasteiger partial charge in [0, 0.05) is 25.2 Å². The van der Waals surface area contributed by atoms with E-state index in [0.29, 0.717) is 23.9 Å². The van der Waals surface area contributed by atoms with Crippen molar-refractivity contribution in [2.45, 2.75) is 13.1 Å². The number of carbonyl (C=O) groups is 1. The van der Waals surface area contributed by atoms with Crippen LogP contribution >= 0.6 is 11.6 Å². The zero-order chi connectivity index (χ0) is 16.2. The van der Waals surface area contributed by atoms with Crippen LogP contribution in [0.4, 0.5) is 4.79 Å². The van der Waals surface area contributed by atoms with Gasteiger partial charge in [0.25, 0.3) is 0 Å². The van der Waals surface area contributed by atoms with Crippen molar-refractivity contribution in [1.82, 2.24) is 10.2 Å². The quantitative estimate of drug-likeness (QED) is 0.933. The molecule has 2 amide bonds. The number of ether oxygens (including phenoxy) is 2. The molecular weight excluding hydrogens is 316 g/mol. The lowest BCUT2D eigenvalue weighted by Crippen LogP contribution is -2.36. The second kappa shape index (κ2) is 6.79. The summed E-state index contributed by atoms with van der Waals surface area (Å²) < 4.78 is 10.6. The molecule has 0 bridgehead atoms. The maximum atomic E-state index is 12.2.